The summed E-state index contributed by atoms with van der Waals surface area (Å²) in [4.78, 5) is 41.8. The van der Waals surface area contributed by atoms with Crippen LogP contribution in [-0.4, -0.2) is 92.0 Å². The first-order valence-corrected chi connectivity index (χ1v) is 18.2. The first-order valence-electron chi connectivity index (χ1n) is 18.2. The van der Waals surface area contributed by atoms with Crippen molar-refractivity contribution in [1.82, 2.24) is 0 Å². The van der Waals surface area contributed by atoms with E-state index in [0.29, 0.717) is 38.7 Å². The zero-order chi connectivity index (χ0) is 36.8. The van der Waals surface area contributed by atoms with Gasteiger partial charge >= 0.3 is 11.9 Å². The van der Waals surface area contributed by atoms with Gasteiger partial charge in [-0.3, -0.25) is 14.4 Å². The highest BCUT2D eigenvalue weighted by atomic mass is 16.6. The fraction of sp³-hybridized carbons (Fsp3) is 0.921. The Bertz CT molecular complexity index is 1070. The predicted octanol–water partition coefficient (Wildman–Crippen LogP) is 6.18. The predicted molar refractivity (Wildman–Crippen MR) is 184 cm³/mol. The highest BCUT2D eigenvalue weighted by molar-refractivity contribution is 5.83. The molecule has 0 saturated carbocycles. The van der Waals surface area contributed by atoms with E-state index in [1.165, 1.54) is 0 Å². The number of rotatable bonds is 10. The number of aliphatic hydroxyl groups excluding tert-OH is 1. The zero-order valence-corrected chi connectivity index (χ0v) is 32.4. The van der Waals surface area contributed by atoms with Crippen LogP contribution in [0, 0.1) is 41.4 Å². The molecule has 280 valence electrons. The summed E-state index contributed by atoms with van der Waals surface area (Å²) < 4.78 is 36.4. The normalized spacial score (nSPS) is 43.7. The van der Waals surface area contributed by atoms with Crippen molar-refractivity contribution in [3.05, 3.63) is 0 Å². The molecule has 14 atom stereocenters. The average Bonchev–Trinajstić information content (AvgIpc) is 3.05. The van der Waals surface area contributed by atoms with Crippen molar-refractivity contribution >= 4 is 17.7 Å². The molecule has 0 aromatic rings. The fourth-order valence-corrected chi connectivity index (χ4v) is 8.48. The van der Waals surface area contributed by atoms with Crippen LogP contribution in [0.15, 0.2) is 0 Å². The van der Waals surface area contributed by atoms with Crippen LogP contribution in [0.4, 0.5) is 0 Å². The molecule has 2 heterocycles. The van der Waals surface area contributed by atoms with Gasteiger partial charge in [-0.05, 0) is 65.2 Å². The number of methoxy groups -OCH3 is 3. The zero-order valence-electron chi connectivity index (χ0n) is 32.4. The molecule has 10 heteroatoms. The van der Waals surface area contributed by atoms with Crippen molar-refractivity contribution in [3.63, 3.8) is 0 Å². The van der Waals surface area contributed by atoms with Crippen LogP contribution >= 0.6 is 0 Å². The number of esters is 2. The van der Waals surface area contributed by atoms with Gasteiger partial charge in [-0.25, -0.2) is 0 Å². The summed E-state index contributed by atoms with van der Waals surface area (Å²) in [6, 6.07) is 0. The van der Waals surface area contributed by atoms with E-state index in [1.807, 2.05) is 55.4 Å². The number of hydrogen-bond donors (Lipinski definition) is 1. The third-order valence-corrected chi connectivity index (χ3v) is 12.6. The van der Waals surface area contributed by atoms with Crippen LogP contribution in [0.25, 0.3) is 0 Å². The first kappa shape index (κ1) is 42.6. The van der Waals surface area contributed by atoms with Crippen LogP contribution in [0.3, 0.4) is 0 Å². The largest absolute Gasteiger partial charge is 0.458 e. The smallest absolute Gasteiger partial charge is 0.309 e. The van der Waals surface area contributed by atoms with Crippen molar-refractivity contribution in [2.75, 3.05) is 27.9 Å². The molecule has 0 bridgehead atoms. The molecule has 10 nitrogen and oxygen atoms in total. The van der Waals surface area contributed by atoms with Gasteiger partial charge in [0, 0.05) is 64.4 Å². The molecule has 0 amide bonds. The molecule has 2 aliphatic rings. The summed E-state index contributed by atoms with van der Waals surface area (Å²) in [5.74, 6) is -3.30. The molecule has 0 spiro atoms. The van der Waals surface area contributed by atoms with Gasteiger partial charge in [-0.2, -0.15) is 0 Å². The van der Waals surface area contributed by atoms with Crippen molar-refractivity contribution in [1.29, 1.82) is 0 Å². The maximum absolute atomic E-state index is 14.4. The molecule has 0 radical (unpaired) electrons. The molecule has 48 heavy (non-hydrogen) atoms. The molecule has 1 unspecified atom stereocenters. The second-order valence-corrected chi connectivity index (χ2v) is 15.6. The molecule has 0 aliphatic carbocycles. The van der Waals surface area contributed by atoms with Gasteiger partial charge in [0.15, 0.2) is 0 Å². The number of cyclic esters (lactones) is 1. The Balaban J connectivity index is 2.70. The Morgan fingerprint density at radius 2 is 1.48 bits per heavy atom. The second-order valence-electron chi connectivity index (χ2n) is 15.6. The van der Waals surface area contributed by atoms with Gasteiger partial charge in [0.25, 0.3) is 0 Å². The molecule has 2 fully saturated rings. The van der Waals surface area contributed by atoms with E-state index < -0.39 is 70.9 Å². The number of Topliss-reactive ketones (excluding diaryl/α,β-unsaturated/α-hetero) is 1. The van der Waals surface area contributed by atoms with E-state index in [1.54, 1.807) is 28.3 Å². The van der Waals surface area contributed by atoms with Gasteiger partial charge in [0.2, 0.25) is 0 Å². The molecule has 2 aliphatic heterocycles. The Kier molecular flexibility index (Phi) is 15.6. The van der Waals surface area contributed by atoms with Gasteiger partial charge < -0.3 is 33.5 Å². The number of unbranched alkanes of at least 4 members (excludes halogenated alkanes) is 1. The van der Waals surface area contributed by atoms with E-state index in [0.717, 1.165) is 0 Å². The lowest BCUT2D eigenvalue weighted by Crippen LogP contribution is -2.59. The molecule has 0 aromatic heterocycles. The van der Waals surface area contributed by atoms with Crippen LogP contribution in [0.5, 0.6) is 0 Å². The number of ether oxygens (including phenoxy) is 6. The topological polar surface area (TPSA) is 127 Å². The van der Waals surface area contributed by atoms with E-state index in [-0.39, 0.29) is 35.9 Å². The van der Waals surface area contributed by atoms with Gasteiger partial charge in [0.05, 0.1) is 29.3 Å². The number of hydrogen-bond acceptors (Lipinski definition) is 10. The van der Waals surface area contributed by atoms with E-state index in [9.17, 15) is 19.5 Å². The van der Waals surface area contributed by atoms with E-state index in [2.05, 4.69) is 13.8 Å². The number of carbonyl (C=O) groups is 3. The van der Waals surface area contributed by atoms with Gasteiger partial charge in [-0.15, -0.1) is 0 Å². The lowest BCUT2D eigenvalue weighted by Gasteiger charge is -2.51. The van der Waals surface area contributed by atoms with Crippen molar-refractivity contribution < 1.29 is 47.9 Å². The second kappa shape index (κ2) is 17.6. The van der Waals surface area contributed by atoms with E-state index >= 15 is 0 Å². The van der Waals surface area contributed by atoms with Gasteiger partial charge in [0.1, 0.15) is 23.6 Å². The Labute approximate surface area is 290 Å². The standard InChI is InChI=1S/C38H68O10/c1-15-30-38(11,48-31(39)18-16-17-19-43-12)27(7)24(4)33(40)22(2)20-36(9,44-13)26(6)23(3)32(25(5)35(42)47-30)29-21-37(10,45-14)34(41)28(8)46-29/h22-30,32,34,41H,15-21H2,1-14H3/t22-,23-,24-,25-,26-,27-,28+,29?,30-,32+,34+,36-,37-,38+/m1/s1. The van der Waals surface area contributed by atoms with E-state index in [4.69, 9.17) is 28.4 Å². The van der Waals surface area contributed by atoms with Crippen LogP contribution < -0.4 is 0 Å². The maximum Gasteiger partial charge on any atom is 0.309 e. The maximum atomic E-state index is 14.4. The summed E-state index contributed by atoms with van der Waals surface area (Å²) in [6.07, 6.45) is 0.107. The SMILES string of the molecule is CC[C@H]1OC(=O)[C@H](C)[C@@H](C2C[C@@](C)(OC)[C@@H](O)[C@H](C)O2)[C@H](C)[C@@H](C)[C@](C)(OC)C[C@@H](C)C(=O)[C@H](C)[C@@H](C)[C@]1(C)OC(=O)CCCCOC. The van der Waals surface area contributed by atoms with Crippen LogP contribution in [-0.2, 0) is 42.8 Å². The molecule has 2 rings (SSSR count). The highest BCUT2D eigenvalue weighted by Gasteiger charge is 2.54. The van der Waals surface area contributed by atoms with Crippen LogP contribution in [0.1, 0.15) is 115 Å². The lowest BCUT2D eigenvalue weighted by molar-refractivity contribution is -0.237. The molecular formula is C38H68O10. The minimum atomic E-state index is -1.27. The van der Waals surface area contributed by atoms with Crippen molar-refractivity contribution in [2.45, 2.75) is 156 Å². The number of ketones is 1. The van der Waals surface area contributed by atoms with Gasteiger partial charge in [-0.1, -0.05) is 48.5 Å². The summed E-state index contributed by atoms with van der Waals surface area (Å²) in [7, 11) is 4.89. The summed E-state index contributed by atoms with van der Waals surface area (Å²) in [5.41, 5.74) is -2.86. The molecule has 2 saturated heterocycles. The fourth-order valence-electron chi connectivity index (χ4n) is 8.48. The van der Waals surface area contributed by atoms with Crippen molar-refractivity contribution in [3.8, 4) is 0 Å². The molecular weight excluding hydrogens is 616 g/mol. The highest BCUT2D eigenvalue weighted by Crippen LogP contribution is 2.46. The average molecular weight is 685 g/mol. The third-order valence-electron chi connectivity index (χ3n) is 12.6. The quantitative estimate of drug-likeness (QED) is 0.211. The van der Waals surface area contributed by atoms with Crippen molar-refractivity contribution in [2.24, 2.45) is 41.4 Å². The summed E-state index contributed by atoms with van der Waals surface area (Å²) in [6.45, 7) is 21.8. The molecule has 0 aromatic carbocycles. The Morgan fingerprint density at radius 3 is 2.02 bits per heavy atom. The Hall–Kier alpha value is -1.59. The Morgan fingerprint density at radius 1 is 0.875 bits per heavy atom. The summed E-state index contributed by atoms with van der Waals surface area (Å²) in [5, 5.41) is 11.0. The lowest BCUT2D eigenvalue weighted by atomic mass is 9.64. The minimum absolute atomic E-state index is 0.0467. The molecule has 1 N–H and O–H groups in total. The summed E-state index contributed by atoms with van der Waals surface area (Å²) >= 11 is 0. The minimum Gasteiger partial charge on any atom is -0.458 e. The number of aliphatic hydroxyl groups is 1. The third kappa shape index (κ3) is 9.19. The number of carbonyl (C=O) groups excluding carboxylic acids is 3. The van der Waals surface area contributed by atoms with Crippen LogP contribution in [0.2, 0.25) is 0 Å². The monoisotopic (exact) mass is 684 g/mol. The first-order chi connectivity index (χ1) is 22.3.